The lowest BCUT2D eigenvalue weighted by Crippen LogP contribution is -2.36. The Hall–Kier alpha value is -0.940. The van der Waals surface area contributed by atoms with Gasteiger partial charge in [0.2, 0.25) is 5.89 Å². The number of hydrogen-bond donors (Lipinski definition) is 1. The van der Waals surface area contributed by atoms with E-state index in [4.69, 9.17) is 4.52 Å². The molecule has 0 aliphatic heterocycles. The summed E-state index contributed by atoms with van der Waals surface area (Å²) in [6.07, 6.45) is 2.70. The molecule has 5 heteroatoms. The number of aliphatic hydroxyl groups is 1. The van der Waals surface area contributed by atoms with E-state index in [2.05, 4.69) is 35.8 Å². The summed E-state index contributed by atoms with van der Waals surface area (Å²) >= 11 is 0. The lowest BCUT2D eigenvalue weighted by atomic mass is 10.2. The van der Waals surface area contributed by atoms with Gasteiger partial charge in [-0.15, -0.1) is 0 Å². The first kappa shape index (κ1) is 15.1. The van der Waals surface area contributed by atoms with Gasteiger partial charge in [-0.2, -0.15) is 4.98 Å². The van der Waals surface area contributed by atoms with Crippen LogP contribution in [0.2, 0.25) is 0 Å². The van der Waals surface area contributed by atoms with Gasteiger partial charge in [-0.05, 0) is 27.2 Å². The van der Waals surface area contributed by atoms with Crippen LogP contribution < -0.4 is 0 Å². The molecule has 0 radical (unpaired) electrons. The second kappa shape index (κ2) is 7.48. The monoisotopic (exact) mass is 255 g/mol. The molecule has 0 saturated carbocycles. The van der Waals surface area contributed by atoms with E-state index in [1.165, 1.54) is 0 Å². The minimum Gasteiger partial charge on any atom is -0.392 e. The van der Waals surface area contributed by atoms with Crippen LogP contribution in [0.1, 0.15) is 52.3 Å². The summed E-state index contributed by atoms with van der Waals surface area (Å²) in [5.41, 5.74) is 0. The quantitative estimate of drug-likeness (QED) is 0.770. The van der Waals surface area contributed by atoms with Gasteiger partial charge in [-0.25, -0.2) is 0 Å². The van der Waals surface area contributed by atoms with Crippen LogP contribution in [0, 0.1) is 0 Å². The van der Waals surface area contributed by atoms with E-state index in [1.807, 2.05) is 0 Å². The second-order valence-electron chi connectivity index (χ2n) is 5.08. The molecule has 1 aromatic heterocycles. The van der Waals surface area contributed by atoms with Gasteiger partial charge >= 0.3 is 0 Å². The standard InChI is InChI=1S/C13H25N3O2/c1-5-6-7-13-14-12(15-18-13)9-16(10(2)3)8-11(4)17/h10-11,17H,5-9H2,1-4H3. The average Bonchev–Trinajstić information content (AvgIpc) is 2.72. The molecule has 1 heterocycles. The van der Waals surface area contributed by atoms with Crippen molar-refractivity contribution in [1.82, 2.24) is 15.0 Å². The van der Waals surface area contributed by atoms with Crippen molar-refractivity contribution in [3.05, 3.63) is 11.7 Å². The molecule has 0 fully saturated rings. The Morgan fingerprint density at radius 1 is 1.33 bits per heavy atom. The Morgan fingerprint density at radius 2 is 2.06 bits per heavy atom. The maximum atomic E-state index is 9.47. The summed E-state index contributed by atoms with van der Waals surface area (Å²) in [4.78, 5) is 6.51. The molecule has 0 bridgehead atoms. The van der Waals surface area contributed by atoms with E-state index in [-0.39, 0.29) is 6.10 Å². The molecule has 1 atom stereocenters. The molecule has 1 unspecified atom stereocenters. The van der Waals surface area contributed by atoms with Crippen LogP contribution in [0.4, 0.5) is 0 Å². The molecule has 1 rings (SSSR count). The van der Waals surface area contributed by atoms with Crippen molar-refractivity contribution in [2.75, 3.05) is 6.54 Å². The zero-order valence-corrected chi connectivity index (χ0v) is 11.9. The number of nitrogens with zero attached hydrogens (tertiary/aromatic N) is 3. The van der Waals surface area contributed by atoms with Crippen LogP contribution in [0.3, 0.4) is 0 Å². The molecule has 104 valence electrons. The van der Waals surface area contributed by atoms with E-state index in [0.717, 1.165) is 19.3 Å². The third-order valence-corrected chi connectivity index (χ3v) is 2.83. The predicted octanol–water partition coefficient (Wildman–Crippen LogP) is 2.00. The number of unbranched alkanes of at least 4 members (excludes halogenated alkanes) is 1. The van der Waals surface area contributed by atoms with Gasteiger partial charge in [-0.1, -0.05) is 18.5 Å². The smallest absolute Gasteiger partial charge is 0.226 e. The summed E-state index contributed by atoms with van der Waals surface area (Å²) in [7, 11) is 0. The summed E-state index contributed by atoms with van der Waals surface area (Å²) in [5.74, 6) is 1.42. The Labute approximate surface area is 109 Å². The molecular formula is C13H25N3O2. The lowest BCUT2D eigenvalue weighted by Gasteiger charge is -2.26. The SMILES string of the molecule is CCCCc1nc(CN(CC(C)O)C(C)C)no1. The Kier molecular flexibility index (Phi) is 6.29. The zero-order valence-electron chi connectivity index (χ0n) is 11.9. The normalized spacial score (nSPS) is 13.5. The first-order valence-electron chi connectivity index (χ1n) is 6.76. The number of aliphatic hydroxyl groups excluding tert-OH is 1. The van der Waals surface area contributed by atoms with Gasteiger partial charge in [-0.3, -0.25) is 4.90 Å². The molecular weight excluding hydrogens is 230 g/mol. The first-order valence-corrected chi connectivity index (χ1v) is 6.76. The van der Waals surface area contributed by atoms with Crippen molar-refractivity contribution in [1.29, 1.82) is 0 Å². The van der Waals surface area contributed by atoms with E-state index in [1.54, 1.807) is 6.92 Å². The zero-order chi connectivity index (χ0) is 13.5. The fourth-order valence-electron chi connectivity index (χ4n) is 1.76. The van der Waals surface area contributed by atoms with Crippen molar-refractivity contribution in [3.63, 3.8) is 0 Å². The van der Waals surface area contributed by atoms with E-state index >= 15 is 0 Å². The molecule has 0 aliphatic rings. The van der Waals surface area contributed by atoms with Crippen LogP contribution in [-0.4, -0.2) is 38.8 Å². The summed E-state index contributed by atoms with van der Waals surface area (Å²) < 4.78 is 5.20. The van der Waals surface area contributed by atoms with Gasteiger partial charge in [0, 0.05) is 19.0 Å². The fraction of sp³-hybridized carbons (Fsp3) is 0.846. The van der Waals surface area contributed by atoms with Crippen LogP contribution in [0.5, 0.6) is 0 Å². The minimum atomic E-state index is -0.348. The molecule has 18 heavy (non-hydrogen) atoms. The second-order valence-corrected chi connectivity index (χ2v) is 5.08. The molecule has 0 saturated heterocycles. The number of hydrogen-bond acceptors (Lipinski definition) is 5. The lowest BCUT2D eigenvalue weighted by molar-refractivity contribution is 0.100. The highest BCUT2D eigenvalue weighted by Gasteiger charge is 2.16. The van der Waals surface area contributed by atoms with Gasteiger partial charge in [0.05, 0.1) is 12.6 Å². The topological polar surface area (TPSA) is 62.4 Å². The largest absolute Gasteiger partial charge is 0.392 e. The molecule has 0 spiro atoms. The van der Waals surface area contributed by atoms with E-state index in [0.29, 0.717) is 30.8 Å². The highest BCUT2D eigenvalue weighted by atomic mass is 16.5. The van der Waals surface area contributed by atoms with Crippen molar-refractivity contribution >= 4 is 0 Å². The van der Waals surface area contributed by atoms with Crippen LogP contribution >= 0.6 is 0 Å². The number of aromatic nitrogens is 2. The van der Waals surface area contributed by atoms with Crippen LogP contribution in [0.15, 0.2) is 4.52 Å². The highest BCUT2D eigenvalue weighted by Crippen LogP contribution is 2.08. The van der Waals surface area contributed by atoms with E-state index in [9.17, 15) is 5.11 Å². The van der Waals surface area contributed by atoms with Crippen molar-refractivity contribution < 1.29 is 9.63 Å². The number of rotatable bonds is 8. The summed E-state index contributed by atoms with van der Waals surface area (Å²) in [6.45, 7) is 9.37. The molecule has 0 amide bonds. The summed E-state index contributed by atoms with van der Waals surface area (Å²) in [5, 5.41) is 13.5. The first-order chi connectivity index (χ1) is 8.52. The summed E-state index contributed by atoms with van der Waals surface area (Å²) in [6, 6.07) is 0.345. The Balaban J connectivity index is 2.55. The van der Waals surface area contributed by atoms with Crippen molar-refractivity contribution in [2.24, 2.45) is 0 Å². The molecule has 1 N–H and O–H groups in total. The van der Waals surface area contributed by atoms with Gasteiger partial charge < -0.3 is 9.63 Å². The average molecular weight is 255 g/mol. The van der Waals surface area contributed by atoms with Crippen LogP contribution in [0.25, 0.3) is 0 Å². The predicted molar refractivity (Wildman–Crippen MR) is 70.1 cm³/mol. The van der Waals surface area contributed by atoms with Gasteiger partial charge in [0.25, 0.3) is 0 Å². The van der Waals surface area contributed by atoms with E-state index < -0.39 is 0 Å². The maximum absolute atomic E-state index is 9.47. The molecule has 0 aliphatic carbocycles. The fourth-order valence-corrected chi connectivity index (χ4v) is 1.76. The van der Waals surface area contributed by atoms with Gasteiger partial charge in [0.1, 0.15) is 0 Å². The number of aryl methyl sites for hydroxylation is 1. The third-order valence-electron chi connectivity index (χ3n) is 2.83. The molecule has 0 aromatic carbocycles. The van der Waals surface area contributed by atoms with Gasteiger partial charge in [0.15, 0.2) is 5.82 Å². The van der Waals surface area contributed by atoms with Crippen LogP contribution in [-0.2, 0) is 13.0 Å². The van der Waals surface area contributed by atoms with Crippen molar-refractivity contribution in [3.8, 4) is 0 Å². The molecule has 1 aromatic rings. The molecule has 5 nitrogen and oxygen atoms in total. The Bertz CT molecular complexity index is 337. The maximum Gasteiger partial charge on any atom is 0.226 e. The Morgan fingerprint density at radius 3 is 2.61 bits per heavy atom. The highest BCUT2D eigenvalue weighted by molar-refractivity contribution is 4.87. The third kappa shape index (κ3) is 5.14. The minimum absolute atomic E-state index is 0.345. The van der Waals surface area contributed by atoms with Crippen molar-refractivity contribution in [2.45, 2.75) is 65.6 Å².